The maximum absolute atomic E-state index is 6.70. The monoisotopic (exact) mass is 985 g/mol. The lowest BCUT2D eigenvalue weighted by molar-refractivity contribution is 0.464. The normalized spacial score (nSPS) is 13.0. The molecule has 3 aromatic heterocycles. The molecule has 0 saturated carbocycles. The van der Waals surface area contributed by atoms with Gasteiger partial charge < -0.3 is 23.5 Å². The molecule has 4 aliphatic heterocycles. The molecule has 0 fully saturated rings. The lowest BCUT2D eigenvalue weighted by atomic mass is 9.34. The third-order valence-electron chi connectivity index (χ3n) is 16.0. The molecular weight excluding hydrogens is 936 g/mol. The van der Waals surface area contributed by atoms with Crippen molar-refractivity contribution in [2.45, 2.75) is 41.5 Å². The molecule has 0 bridgehead atoms. The highest BCUT2D eigenvalue weighted by Crippen LogP contribution is 2.40. The van der Waals surface area contributed by atoms with Crippen molar-refractivity contribution in [2.75, 3.05) is 0 Å². The van der Waals surface area contributed by atoms with Crippen LogP contribution in [0.3, 0.4) is 0 Å². The quantitative estimate of drug-likeness (QED) is 0.155. The number of hydrogen-bond donors (Lipinski definition) is 0. The van der Waals surface area contributed by atoms with Gasteiger partial charge in [-0.3, -0.25) is 0 Å². The minimum atomic E-state index is -0.136. The number of fused-ring (bicyclic) bond motifs is 8. The molecule has 0 radical (unpaired) electrons. The van der Waals surface area contributed by atoms with Crippen molar-refractivity contribution in [3.05, 3.63) is 204 Å². The fourth-order valence-corrected chi connectivity index (χ4v) is 12.9. The lowest BCUT2D eigenvalue weighted by Crippen LogP contribution is -2.57. The second-order valence-corrected chi connectivity index (χ2v) is 21.2. The number of rotatable bonds is 6. The molecule has 8 aromatic carbocycles. The summed E-state index contributed by atoms with van der Waals surface area (Å²) in [4.78, 5) is 0. The minimum absolute atomic E-state index is 0.133. The standard InChI is InChI=1S/C65H49B2N5O4/c1-36-22-38(3)62(39(4)23-36)45-31-68-71(34-45)47-16-20-56-51(29-47)66-49-26-42(14-18-54(49)73-58-10-8-12-60(75-56)64(58)66)44-28-53(70(7)33-44)43-15-19-55-50(27-43)67-52-30-48(17-21-57(52)76-61-13-9-11-59(74-55)65(61)67)72-35-46(32-69-72)63-40(5)24-37(2)25-41(63)6/h8-35H,1-7H3. The van der Waals surface area contributed by atoms with Crippen molar-refractivity contribution in [1.82, 2.24) is 24.1 Å². The second-order valence-electron chi connectivity index (χ2n) is 21.2. The maximum atomic E-state index is 6.70. The molecule has 0 unspecified atom stereocenters. The predicted octanol–water partition coefficient (Wildman–Crippen LogP) is 11.4. The lowest BCUT2D eigenvalue weighted by Gasteiger charge is -2.33. The summed E-state index contributed by atoms with van der Waals surface area (Å²) in [6.07, 6.45) is 10.4. The Morgan fingerprint density at radius 3 is 1.21 bits per heavy atom. The molecule has 0 N–H and O–H groups in total. The average molecular weight is 986 g/mol. The van der Waals surface area contributed by atoms with E-state index in [-0.39, 0.29) is 13.4 Å². The summed E-state index contributed by atoms with van der Waals surface area (Å²) in [7, 11) is 2.12. The van der Waals surface area contributed by atoms with Gasteiger partial charge in [-0.2, -0.15) is 10.2 Å². The van der Waals surface area contributed by atoms with E-state index in [1.165, 1.54) is 44.5 Å². The molecule has 0 spiro atoms. The number of aromatic nitrogens is 5. The van der Waals surface area contributed by atoms with Crippen molar-refractivity contribution in [1.29, 1.82) is 0 Å². The largest absolute Gasteiger partial charge is 0.458 e. The summed E-state index contributed by atoms with van der Waals surface area (Å²) >= 11 is 0. The molecule has 0 atom stereocenters. The van der Waals surface area contributed by atoms with Gasteiger partial charge in [0.25, 0.3) is 13.4 Å². The molecule has 364 valence electrons. The van der Waals surface area contributed by atoms with Crippen LogP contribution >= 0.6 is 0 Å². The van der Waals surface area contributed by atoms with E-state index in [1.54, 1.807) is 0 Å². The van der Waals surface area contributed by atoms with E-state index in [4.69, 9.17) is 29.1 Å². The van der Waals surface area contributed by atoms with Crippen LogP contribution in [0.15, 0.2) is 171 Å². The molecule has 4 aliphatic rings. The van der Waals surface area contributed by atoms with Crippen LogP contribution in [0, 0.1) is 41.5 Å². The van der Waals surface area contributed by atoms with E-state index in [2.05, 4.69) is 175 Å². The fraction of sp³-hybridized carbons (Fsp3) is 0.108. The van der Waals surface area contributed by atoms with Crippen molar-refractivity contribution in [3.8, 4) is 102 Å². The molecular formula is C65H49B2N5O4. The first-order valence-electron chi connectivity index (χ1n) is 25.9. The van der Waals surface area contributed by atoms with Gasteiger partial charge in [0.1, 0.15) is 46.0 Å². The van der Waals surface area contributed by atoms with Crippen LogP contribution in [0.25, 0.3) is 56.0 Å². The van der Waals surface area contributed by atoms with Gasteiger partial charge in [0.2, 0.25) is 0 Å². The molecule has 0 aliphatic carbocycles. The molecule has 0 saturated heterocycles. The van der Waals surface area contributed by atoms with E-state index in [0.717, 1.165) is 124 Å². The minimum Gasteiger partial charge on any atom is -0.458 e. The van der Waals surface area contributed by atoms with Crippen LogP contribution in [0.4, 0.5) is 0 Å². The van der Waals surface area contributed by atoms with Gasteiger partial charge in [-0.25, -0.2) is 9.36 Å². The van der Waals surface area contributed by atoms with Crippen LogP contribution in [0.5, 0.6) is 46.0 Å². The van der Waals surface area contributed by atoms with Gasteiger partial charge in [-0.15, -0.1) is 0 Å². The van der Waals surface area contributed by atoms with Gasteiger partial charge in [-0.1, -0.05) is 65.7 Å². The second kappa shape index (κ2) is 16.4. The maximum Gasteiger partial charge on any atom is 0.260 e. The Labute approximate surface area is 441 Å². The highest BCUT2D eigenvalue weighted by atomic mass is 16.5. The molecule has 0 amide bonds. The van der Waals surface area contributed by atoms with Crippen molar-refractivity contribution in [3.63, 3.8) is 0 Å². The zero-order valence-corrected chi connectivity index (χ0v) is 43.2. The number of aryl methyl sites for hydroxylation is 7. The SMILES string of the molecule is Cc1cc(C)c(-c2cnn(-c3ccc4c(c3)B3c5cc(-c6cc(-c7ccc8c(c7)B7c9cc(-n%10cc(-c%11c(C)cc(C)cc%11C)cn%10)ccc9Oc9cccc(c97)O8)n(C)c6)ccc5Oc5cccc(c53)O4)c2)c(C)c1. The fourth-order valence-electron chi connectivity index (χ4n) is 12.9. The Hall–Kier alpha value is -9.21. The van der Waals surface area contributed by atoms with Gasteiger partial charge in [-0.05, 0) is 198 Å². The Bertz CT molecular complexity index is 4240. The van der Waals surface area contributed by atoms with E-state index in [9.17, 15) is 0 Å². The summed E-state index contributed by atoms with van der Waals surface area (Å²) in [5.41, 5.74) is 24.8. The Morgan fingerprint density at radius 2 is 0.763 bits per heavy atom. The number of nitrogens with zero attached hydrogens (tertiary/aromatic N) is 5. The first-order chi connectivity index (χ1) is 37.0. The smallest absolute Gasteiger partial charge is 0.260 e. The van der Waals surface area contributed by atoms with Crippen LogP contribution in [0.1, 0.15) is 33.4 Å². The van der Waals surface area contributed by atoms with E-state index >= 15 is 0 Å². The number of hydrogen-bond acceptors (Lipinski definition) is 6. The summed E-state index contributed by atoms with van der Waals surface area (Å²) in [6.45, 7) is 12.7. The van der Waals surface area contributed by atoms with Crippen LogP contribution < -0.4 is 51.7 Å². The topological polar surface area (TPSA) is 77.5 Å². The summed E-state index contributed by atoms with van der Waals surface area (Å²) in [6, 6.07) is 49.4. The zero-order chi connectivity index (χ0) is 51.2. The van der Waals surface area contributed by atoms with E-state index < -0.39 is 0 Å². The van der Waals surface area contributed by atoms with Crippen LogP contribution in [0.2, 0.25) is 0 Å². The van der Waals surface area contributed by atoms with Crippen molar-refractivity contribution < 1.29 is 18.9 Å². The summed E-state index contributed by atoms with van der Waals surface area (Å²) < 4.78 is 32.9. The predicted molar refractivity (Wildman–Crippen MR) is 305 cm³/mol. The molecule has 76 heavy (non-hydrogen) atoms. The first kappa shape index (κ1) is 44.3. The van der Waals surface area contributed by atoms with Crippen molar-refractivity contribution in [2.24, 2.45) is 7.05 Å². The molecule has 15 rings (SSSR count). The van der Waals surface area contributed by atoms with E-state index in [0.29, 0.717) is 0 Å². The third-order valence-corrected chi connectivity index (χ3v) is 16.0. The third kappa shape index (κ3) is 6.81. The van der Waals surface area contributed by atoms with Crippen LogP contribution in [-0.2, 0) is 7.05 Å². The highest BCUT2D eigenvalue weighted by molar-refractivity contribution is 6.99. The van der Waals surface area contributed by atoms with Crippen molar-refractivity contribution >= 4 is 46.2 Å². The first-order valence-corrected chi connectivity index (χ1v) is 25.9. The molecule has 7 heterocycles. The van der Waals surface area contributed by atoms with Gasteiger partial charge in [0.05, 0.1) is 23.8 Å². The Morgan fingerprint density at radius 1 is 0.368 bits per heavy atom. The van der Waals surface area contributed by atoms with Gasteiger partial charge in [0.15, 0.2) is 0 Å². The highest BCUT2D eigenvalue weighted by Gasteiger charge is 2.42. The number of benzene rings is 8. The Kier molecular flexibility index (Phi) is 9.55. The van der Waals surface area contributed by atoms with Gasteiger partial charge in [0, 0.05) is 53.4 Å². The van der Waals surface area contributed by atoms with E-state index in [1.807, 2.05) is 58.2 Å². The molecule has 11 aromatic rings. The average Bonchev–Trinajstić information content (AvgIpc) is 4.21. The van der Waals surface area contributed by atoms with Gasteiger partial charge >= 0.3 is 0 Å². The zero-order valence-electron chi connectivity index (χ0n) is 43.2. The van der Waals surface area contributed by atoms with Crippen LogP contribution in [-0.4, -0.2) is 37.6 Å². The Balaban J connectivity index is 0.789. The summed E-state index contributed by atoms with van der Waals surface area (Å²) in [5.74, 6) is 6.53. The molecule has 9 nitrogen and oxygen atoms in total. The number of ether oxygens (including phenoxy) is 4. The summed E-state index contributed by atoms with van der Waals surface area (Å²) in [5, 5.41) is 9.80. The molecule has 11 heteroatoms.